The molecule has 0 bridgehead atoms. The minimum Gasteiger partial charge on any atom is -0.506 e. The fourth-order valence-corrected chi connectivity index (χ4v) is 4.98. The number of Topliss-reactive ketones (excluding diaryl/α,β-unsaturated/α-hetero) is 1. The van der Waals surface area contributed by atoms with E-state index in [9.17, 15) is 27.9 Å². The Balaban J connectivity index is 0.000000218. The van der Waals surface area contributed by atoms with Crippen molar-refractivity contribution < 1.29 is 76.9 Å². The molecule has 0 spiro atoms. The monoisotopic (exact) mass is 673 g/mol. The van der Waals surface area contributed by atoms with Crippen molar-refractivity contribution in [3.8, 4) is 17.1 Å². The Hall–Kier alpha value is -2.99. The van der Waals surface area contributed by atoms with E-state index in [1.54, 1.807) is 18.5 Å². The van der Waals surface area contributed by atoms with Gasteiger partial charge < -0.3 is 9.52 Å². The van der Waals surface area contributed by atoms with Crippen LogP contribution in [0.2, 0.25) is 0 Å². The first-order chi connectivity index (χ1) is 17.8. The molecule has 0 aliphatic rings. The van der Waals surface area contributed by atoms with Crippen LogP contribution in [-0.2, 0) is 0 Å². The molecule has 0 unspecified atom stereocenters. The first kappa shape index (κ1) is 28.0. The van der Waals surface area contributed by atoms with Gasteiger partial charge in [-0.15, -0.1) is 11.3 Å². The Morgan fingerprint density at radius 2 is 1.39 bits per heavy atom. The molecule has 0 fully saturated rings. The zero-order valence-corrected chi connectivity index (χ0v) is 22.3. The van der Waals surface area contributed by atoms with Crippen LogP contribution in [0.3, 0.4) is 0 Å². The van der Waals surface area contributed by atoms with Crippen LogP contribution in [-0.4, -0.2) is 27.0 Å². The van der Waals surface area contributed by atoms with Gasteiger partial charge in [0.2, 0.25) is 0 Å². The number of hydrogen-bond acceptors (Lipinski definition) is 7. The molecular weight excluding hydrogens is 657 g/mol. The van der Waals surface area contributed by atoms with E-state index >= 15 is 0 Å². The van der Waals surface area contributed by atoms with E-state index in [0.29, 0.717) is 4.70 Å². The van der Waals surface area contributed by atoms with Crippen LogP contribution in [0.15, 0.2) is 94.4 Å². The number of aromatic hydroxyl groups is 1. The molecule has 191 valence electrons. The molecule has 4 heterocycles. The van der Waals surface area contributed by atoms with Crippen molar-refractivity contribution in [3.05, 3.63) is 101 Å². The average molecular weight is 672 g/mol. The molecule has 0 amide bonds. The number of carbonyl (C=O) groups excluding carboxylic acids is 1. The summed E-state index contributed by atoms with van der Waals surface area (Å²) in [6, 6.07) is 21.9. The van der Waals surface area contributed by atoms with Crippen molar-refractivity contribution >= 4 is 48.3 Å². The smallest absolute Gasteiger partial charge is 0.455 e. The maximum absolute atomic E-state index is 12.6. The largest absolute Gasteiger partial charge is 0.506 e. The molecule has 6 aromatic rings. The van der Waals surface area contributed by atoms with Gasteiger partial charge in [-0.3, -0.25) is 14.8 Å². The Morgan fingerprint density at radius 3 is 1.97 bits per heavy atom. The van der Waals surface area contributed by atoms with E-state index in [0.717, 1.165) is 26.9 Å². The summed E-state index contributed by atoms with van der Waals surface area (Å²) in [5.41, 5.74) is -1.13. The summed E-state index contributed by atoms with van der Waals surface area (Å²) in [6.07, 6.45) is -1.75. The van der Waals surface area contributed by atoms with E-state index in [1.165, 1.54) is 17.4 Å². The minimum absolute atomic E-state index is 0. The molecule has 1 radical (unpaired) electrons. The van der Waals surface area contributed by atoms with Crippen LogP contribution in [0.25, 0.3) is 42.5 Å². The second kappa shape index (κ2) is 11.4. The quantitative estimate of drug-likeness (QED) is 0.162. The van der Waals surface area contributed by atoms with Crippen LogP contribution in [0, 0.1) is 49.4 Å². The topological polar surface area (TPSA) is 93.3 Å². The Kier molecular flexibility index (Phi) is 8.41. The third kappa shape index (κ3) is 5.42. The van der Waals surface area contributed by atoms with Crippen molar-refractivity contribution in [2.75, 3.05) is 0 Å². The van der Waals surface area contributed by atoms with Crippen LogP contribution in [0.4, 0.5) is 13.2 Å². The van der Waals surface area contributed by atoms with Crippen molar-refractivity contribution in [2.45, 2.75) is 6.18 Å². The third-order valence-corrected chi connectivity index (χ3v) is 6.65. The SMILES string of the molecule is O=C(c1c(O)c2ccc3c4ccccc4sc3c2oc1=O)C(F)(F)F.[Eu].c1ccc(-c2ccccn2)nc1. The summed E-state index contributed by atoms with van der Waals surface area (Å²) in [7, 11) is 0. The van der Waals surface area contributed by atoms with Crippen LogP contribution in [0.1, 0.15) is 10.4 Å². The predicted octanol–water partition coefficient (Wildman–Crippen LogP) is 6.76. The van der Waals surface area contributed by atoms with Crippen molar-refractivity contribution in [2.24, 2.45) is 0 Å². The van der Waals surface area contributed by atoms with Gasteiger partial charge in [0.25, 0.3) is 5.78 Å². The molecule has 0 aliphatic carbocycles. The molecule has 6 rings (SSSR count). The predicted molar refractivity (Wildman–Crippen MR) is 135 cm³/mol. The summed E-state index contributed by atoms with van der Waals surface area (Å²) in [6.45, 7) is 0. The molecule has 1 N–H and O–H groups in total. The number of rotatable bonds is 2. The molecule has 2 aromatic carbocycles. The van der Waals surface area contributed by atoms with Gasteiger partial charge in [0, 0.05) is 77.2 Å². The zero-order chi connectivity index (χ0) is 26.2. The number of halogens is 3. The normalized spacial score (nSPS) is 11.1. The zero-order valence-electron chi connectivity index (χ0n) is 19.1. The van der Waals surface area contributed by atoms with E-state index in [4.69, 9.17) is 4.42 Å². The number of alkyl halides is 3. The second-order valence-corrected chi connectivity index (χ2v) is 8.84. The summed E-state index contributed by atoms with van der Waals surface area (Å²) >= 11 is 1.28. The molecule has 6 nitrogen and oxygen atoms in total. The third-order valence-electron chi connectivity index (χ3n) is 5.47. The molecule has 0 saturated carbocycles. The number of fused-ring (bicyclic) bond motifs is 5. The standard InChI is InChI=1S/C17H7F3O4S.C10H8N2.Eu/c18-17(19,20)15(22)11-12(21)9-6-5-8-7-3-1-2-4-10(7)25-14(8)13(9)24-16(11)23;1-3-7-11-9(5-1)10-6-2-4-8-12-10;/h1-6,21H;1-8H;. The summed E-state index contributed by atoms with van der Waals surface area (Å²) in [5.74, 6) is -3.45. The first-order valence-corrected chi connectivity index (χ1v) is 11.6. The number of pyridine rings is 2. The molecule has 4 aromatic heterocycles. The van der Waals surface area contributed by atoms with E-state index in [1.807, 2.05) is 60.7 Å². The number of ketones is 1. The fourth-order valence-electron chi connectivity index (χ4n) is 3.80. The summed E-state index contributed by atoms with van der Waals surface area (Å²) in [5, 5.41) is 11.6. The van der Waals surface area contributed by atoms with Crippen molar-refractivity contribution in [1.29, 1.82) is 0 Å². The fraction of sp³-hybridized carbons (Fsp3) is 0.0370. The van der Waals surface area contributed by atoms with Crippen molar-refractivity contribution in [3.63, 3.8) is 0 Å². The van der Waals surface area contributed by atoms with Crippen LogP contribution in [0.5, 0.6) is 5.75 Å². The van der Waals surface area contributed by atoms with Crippen molar-refractivity contribution in [1.82, 2.24) is 9.97 Å². The van der Waals surface area contributed by atoms with E-state index in [2.05, 4.69) is 9.97 Å². The van der Waals surface area contributed by atoms with E-state index in [-0.39, 0.29) is 60.3 Å². The number of carbonyl (C=O) groups is 1. The number of thiophene rings is 1. The molecule has 38 heavy (non-hydrogen) atoms. The van der Waals surface area contributed by atoms with Gasteiger partial charge in [0.1, 0.15) is 5.75 Å². The summed E-state index contributed by atoms with van der Waals surface area (Å²) < 4.78 is 44.4. The molecule has 0 saturated heterocycles. The molecule has 0 atom stereocenters. The number of hydrogen-bond donors (Lipinski definition) is 1. The molecular formula is C27H15EuF3N2O4S. The Labute approximate surface area is 257 Å². The molecule has 0 aliphatic heterocycles. The van der Waals surface area contributed by atoms with Gasteiger partial charge in [0.05, 0.1) is 21.5 Å². The average Bonchev–Trinajstić information content (AvgIpc) is 3.29. The minimum atomic E-state index is -5.29. The summed E-state index contributed by atoms with van der Waals surface area (Å²) in [4.78, 5) is 31.7. The number of benzene rings is 2. The maximum atomic E-state index is 12.6. The number of nitrogens with zero attached hydrogens (tertiary/aromatic N) is 2. The Bertz CT molecular complexity index is 1780. The number of aromatic nitrogens is 2. The van der Waals surface area contributed by atoms with Gasteiger partial charge in [-0.1, -0.05) is 36.4 Å². The van der Waals surface area contributed by atoms with Gasteiger partial charge in [-0.05, 0) is 36.4 Å². The van der Waals surface area contributed by atoms with E-state index < -0.39 is 28.9 Å². The van der Waals surface area contributed by atoms with Crippen LogP contribution < -0.4 is 5.63 Å². The van der Waals surface area contributed by atoms with Crippen LogP contribution >= 0.6 is 11.3 Å². The first-order valence-electron chi connectivity index (χ1n) is 10.8. The Morgan fingerprint density at radius 1 is 0.816 bits per heavy atom. The van der Waals surface area contributed by atoms with Gasteiger partial charge in [0.15, 0.2) is 11.1 Å². The molecule has 11 heteroatoms. The van der Waals surface area contributed by atoms with Gasteiger partial charge in [-0.25, -0.2) is 4.79 Å². The van der Waals surface area contributed by atoms with Gasteiger partial charge >= 0.3 is 11.8 Å². The second-order valence-electron chi connectivity index (χ2n) is 7.79. The maximum Gasteiger partial charge on any atom is 0.455 e. The van der Waals surface area contributed by atoms with Gasteiger partial charge in [-0.2, -0.15) is 13.2 Å².